The zero-order valence-electron chi connectivity index (χ0n) is 7.00. The minimum Gasteiger partial charge on any atom is -0.378 e. The Balaban J connectivity index is 2.09. The van der Waals surface area contributed by atoms with Crippen LogP contribution >= 0.6 is 0 Å². The van der Waals surface area contributed by atoms with Gasteiger partial charge in [0.15, 0.2) is 0 Å². The molecular weight excluding hydrogens is 124 g/mol. The van der Waals surface area contributed by atoms with Crippen LogP contribution in [0.3, 0.4) is 0 Å². The van der Waals surface area contributed by atoms with E-state index < -0.39 is 0 Å². The van der Waals surface area contributed by atoms with Crippen LogP contribution < -0.4 is 0 Å². The van der Waals surface area contributed by atoms with Crippen molar-refractivity contribution in [3.05, 3.63) is 0 Å². The first-order valence-corrected chi connectivity index (χ1v) is 4.33. The van der Waals surface area contributed by atoms with Gasteiger partial charge in [-0.2, -0.15) is 0 Å². The molecule has 0 aromatic rings. The Morgan fingerprint density at radius 1 is 1.10 bits per heavy atom. The second-order valence-corrected chi connectivity index (χ2v) is 4.00. The molecule has 0 radical (unpaired) electrons. The van der Waals surface area contributed by atoms with Crippen LogP contribution in [0.2, 0.25) is 0 Å². The lowest BCUT2D eigenvalue weighted by Crippen LogP contribution is -2.44. The molecule has 1 saturated carbocycles. The predicted octanol–water partition coefficient (Wildman–Crippen LogP) is 1.92. The summed E-state index contributed by atoms with van der Waals surface area (Å²) < 4.78 is 5.58. The third-order valence-corrected chi connectivity index (χ3v) is 3.70. The summed E-state index contributed by atoms with van der Waals surface area (Å²) in [5, 5.41) is 0. The van der Waals surface area contributed by atoms with Crippen LogP contribution in [0.5, 0.6) is 0 Å². The lowest BCUT2D eigenvalue weighted by Gasteiger charge is -2.45. The van der Waals surface area contributed by atoms with E-state index in [1.807, 2.05) is 0 Å². The van der Waals surface area contributed by atoms with Gasteiger partial charge in [0.05, 0.1) is 12.7 Å². The molecule has 58 valence electrons. The fourth-order valence-corrected chi connectivity index (χ4v) is 2.75. The van der Waals surface area contributed by atoms with E-state index in [0.717, 1.165) is 30.3 Å². The molecule has 3 unspecified atom stereocenters. The van der Waals surface area contributed by atoms with Crippen LogP contribution in [0.25, 0.3) is 0 Å². The van der Waals surface area contributed by atoms with E-state index in [0.29, 0.717) is 6.10 Å². The first kappa shape index (κ1) is 6.66. The summed E-state index contributed by atoms with van der Waals surface area (Å²) >= 11 is 0. The van der Waals surface area contributed by atoms with Gasteiger partial charge in [-0.05, 0) is 30.6 Å². The first-order chi connectivity index (χ1) is 4.72. The predicted molar refractivity (Wildman–Crippen MR) is 40.7 cm³/mol. The SMILES string of the molecule is CC1C2C(CO[C@H]2C)[C@@H]1C. The second-order valence-electron chi connectivity index (χ2n) is 4.00. The average molecular weight is 140 g/mol. The van der Waals surface area contributed by atoms with Crippen molar-refractivity contribution in [2.45, 2.75) is 26.9 Å². The Hall–Kier alpha value is -0.0400. The summed E-state index contributed by atoms with van der Waals surface area (Å²) in [6.45, 7) is 7.95. The summed E-state index contributed by atoms with van der Waals surface area (Å²) in [7, 11) is 0. The van der Waals surface area contributed by atoms with Gasteiger partial charge in [0, 0.05) is 0 Å². The van der Waals surface area contributed by atoms with Crippen molar-refractivity contribution in [2.24, 2.45) is 23.7 Å². The Morgan fingerprint density at radius 3 is 2.40 bits per heavy atom. The average Bonchev–Trinajstić information content (AvgIpc) is 2.27. The van der Waals surface area contributed by atoms with E-state index in [1.54, 1.807) is 0 Å². The summed E-state index contributed by atoms with van der Waals surface area (Å²) in [5.41, 5.74) is 0. The van der Waals surface area contributed by atoms with E-state index in [2.05, 4.69) is 20.8 Å². The third kappa shape index (κ3) is 0.619. The van der Waals surface area contributed by atoms with E-state index in [1.165, 1.54) is 0 Å². The second kappa shape index (κ2) is 1.97. The van der Waals surface area contributed by atoms with Gasteiger partial charge in [-0.1, -0.05) is 13.8 Å². The van der Waals surface area contributed by atoms with Crippen molar-refractivity contribution >= 4 is 0 Å². The Labute approximate surface area is 62.8 Å². The van der Waals surface area contributed by atoms with E-state index >= 15 is 0 Å². The normalized spacial score (nSPS) is 59.7. The molecule has 1 saturated heterocycles. The van der Waals surface area contributed by atoms with Gasteiger partial charge in [-0.25, -0.2) is 0 Å². The highest BCUT2D eigenvalue weighted by Gasteiger charge is 2.51. The molecule has 5 atom stereocenters. The van der Waals surface area contributed by atoms with Gasteiger partial charge in [-0.15, -0.1) is 0 Å². The molecule has 1 heteroatoms. The molecule has 0 aromatic carbocycles. The number of hydrogen-bond acceptors (Lipinski definition) is 1. The minimum absolute atomic E-state index is 0.538. The quantitative estimate of drug-likeness (QED) is 0.499. The van der Waals surface area contributed by atoms with Gasteiger partial charge in [-0.3, -0.25) is 0 Å². The van der Waals surface area contributed by atoms with Crippen LogP contribution in [0.4, 0.5) is 0 Å². The molecule has 10 heavy (non-hydrogen) atoms. The fourth-order valence-electron chi connectivity index (χ4n) is 2.75. The topological polar surface area (TPSA) is 9.23 Å². The molecule has 1 heterocycles. The zero-order valence-corrected chi connectivity index (χ0v) is 7.00. The number of ether oxygens (including phenoxy) is 1. The largest absolute Gasteiger partial charge is 0.378 e. The molecule has 0 N–H and O–H groups in total. The van der Waals surface area contributed by atoms with Crippen molar-refractivity contribution in [1.29, 1.82) is 0 Å². The summed E-state index contributed by atoms with van der Waals surface area (Å²) in [4.78, 5) is 0. The van der Waals surface area contributed by atoms with Crippen LogP contribution in [0, 0.1) is 23.7 Å². The maximum Gasteiger partial charge on any atom is 0.0581 e. The standard InChI is InChI=1S/C9H16O/c1-5-6(2)9-7(3)10-4-8(5)9/h5-9H,4H2,1-3H3/t5-,6?,7+,8?,9?/m1/s1. The highest BCUT2D eigenvalue weighted by molar-refractivity contribution is 4.98. The Bertz CT molecular complexity index is 144. The van der Waals surface area contributed by atoms with E-state index in [9.17, 15) is 0 Å². The molecule has 1 aliphatic heterocycles. The van der Waals surface area contributed by atoms with Crippen molar-refractivity contribution in [1.82, 2.24) is 0 Å². The molecule has 2 aliphatic rings. The minimum atomic E-state index is 0.538. The maximum absolute atomic E-state index is 5.58. The molecule has 1 aliphatic carbocycles. The van der Waals surface area contributed by atoms with Crippen molar-refractivity contribution < 1.29 is 4.74 Å². The van der Waals surface area contributed by atoms with Gasteiger partial charge in [0.25, 0.3) is 0 Å². The first-order valence-electron chi connectivity index (χ1n) is 4.33. The van der Waals surface area contributed by atoms with Gasteiger partial charge < -0.3 is 4.74 Å². The van der Waals surface area contributed by atoms with Gasteiger partial charge >= 0.3 is 0 Å². The third-order valence-electron chi connectivity index (χ3n) is 3.70. The van der Waals surface area contributed by atoms with Crippen LogP contribution in [0.1, 0.15) is 20.8 Å². The molecule has 0 bridgehead atoms. The molecule has 2 fully saturated rings. The number of hydrogen-bond donors (Lipinski definition) is 0. The highest BCUT2D eigenvalue weighted by atomic mass is 16.5. The molecule has 0 spiro atoms. The Morgan fingerprint density at radius 2 is 1.80 bits per heavy atom. The van der Waals surface area contributed by atoms with Crippen LogP contribution in [-0.2, 0) is 4.74 Å². The van der Waals surface area contributed by atoms with E-state index in [4.69, 9.17) is 4.74 Å². The van der Waals surface area contributed by atoms with Gasteiger partial charge in [0.1, 0.15) is 0 Å². The lowest BCUT2D eigenvalue weighted by molar-refractivity contribution is 0.0225. The van der Waals surface area contributed by atoms with Crippen LogP contribution in [0.15, 0.2) is 0 Å². The van der Waals surface area contributed by atoms with E-state index in [-0.39, 0.29) is 0 Å². The smallest absolute Gasteiger partial charge is 0.0581 e. The number of rotatable bonds is 0. The maximum atomic E-state index is 5.58. The monoisotopic (exact) mass is 140 g/mol. The molecule has 0 amide bonds. The van der Waals surface area contributed by atoms with Crippen molar-refractivity contribution in [2.75, 3.05) is 6.61 Å². The Kier molecular flexibility index (Phi) is 1.31. The zero-order chi connectivity index (χ0) is 7.30. The number of fused-ring (bicyclic) bond motifs is 1. The lowest BCUT2D eigenvalue weighted by atomic mass is 9.58. The molecule has 1 nitrogen and oxygen atoms in total. The molecule has 2 rings (SSSR count). The molecular formula is C9H16O. The summed E-state index contributed by atoms with van der Waals surface area (Å²) in [6.07, 6.45) is 0.538. The summed E-state index contributed by atoms with van der Waals surface area (Å²) in [6, 6.07) is 0. The van der Waals surface area contributed by atoms with Crippen LogP contribution in [-0.4, -0.2) is 12.7 Å². The van der Waals surface area contributed by atoms with Gasteiger partial charge in [0.2, 0.25) is 0 Å². The summed E-state index contributed by atoms with van der Waals surface area (Å²) in [5.74, 6) is 3.59. The van der Waals surface area contributed by atoms with Crippen molar-refractivity contribution in [3.8, 4) is 0 Å². The molecule has 0 aromatic heterocycles. The fraction of sp³-hybridized carbons (Fsp3) is 1.00. The van der Waals surface area contributed by atoms with Crippen molar-refractivity contribution in [3.63, 3.8) is 0 Å². The highest BCUT2D eigenvalue weighted by Crippen LogP contribution is 2.51.